The topological polar surface area (TPSA) is 58.2 Å². The number of sulfonamides is 1. The zero-order valence-electron chi connectivity index (χ0n) is 10.0. The van der Waals surface area contributed by atoms with Gasteiger partial charge in [-0.3, -0.25) is 0 Å². The van der Waals surface area contributed by atoms with Crippen LogP contribution >= 0.6 is 35.6 Å². The van der Waals surface area contributed by atoms with Gasteiger partial charge in [-0.05, 0) is 44.1 Å². The summed E-state index contributed by atoms with van der Waals surface area (Å²) in [4.78, 5) is 0.110. The van der Waals surface area contributed by atoms with Crippen LogP contribution in [0.1, 0.15) is 12.8 Å². The summed E-state index contributed by atoms with van der Waals surface area (Å²) < 4.78 is 27.0. The van der Waals surface area contributed by atoms with Crippen LogP contribution in [0.15, 0.2) is 23.1 Å². The Morgan fingerprint density at radius 3 is 2.16 bits per heavy atom. The highest BCUT2D eigenvalue weighted by Crippen LogP contribution is 2.22. The highest BCUT2D eigenvalue weighted by molar-refractivity contribution is 7.89. The molecule has 0 unspecified atom stereocenters. The number of halogens is 3. The molecule has 0 radical (unpaired) electrons. The fourth-order valence-electron chi connectivity index (χ4n) is 1.91. The monoisotopic (exact) mass is 344 g/mol. The number of piperidine rings is 1. The van der Waals surface area contributed by atoms with Gasteiger partial charge in [-0.15, -0.1) is 12.4 Å². The summed E-state index contributed by atoms with van der Waals surface area (Å²) in [5, 5.41) is 3.81. The molecule has 1 fully saturated rings. The van der Waals surface area contributed by atoms with E-state index in [2.05, 4.69) is 10.0 Å². The van der Waals surface area contributed by atoms with Crippen molar-refractivity contribution >= 4 is 45.6 Å². The van der Waals surface area contributed by atoms with Crippen LogP contribution in [-0.2, 0) is 10.0 Å². The maximum Gasteiger partial charge on any atom is 0.240 e. The number of rotatable bonds is 3. The molecule has 0 saturated carbocycles. The van der Waals surface area contributed by atoms with Gasteiger partial charge in [0, 0.05) is 16.1 Å². The van der Waals surface area contributed by atoms with Crippen molar-refractivity contribution in [1.29, 1.82) is 0 Å². The van der Waals surface area contributed by atoms with E-state index in [1.807, 2.05) is 0 Å². The van der Waals surface area contributed by atoms with Crippen molar-refractivity contribution in [3.8, 4) is 0 Å². The van der Waals surface area contributed by atoms with Gasteiger partial charge < -0.3 is 5.32 Å². The van der Waals surface area contributed by atoms with Crippen molar-refractivity contribution in [2.24, 2.45) is 0 Å². The van der Waals surface area contributed by atoms with Crippen LogP contribution in [0.3, 0.4) is 0 Å². The average molecular weight is 346 g/mol. The Bertz CT molecular complexity index is 510. The molecule has 0 spiro atoms. The van der Waals surface area contributed by atoms with Crippen LogP contribution in [0, 0.1) is 0 Å². The summed E-state index contributed by atoms with van der Waals surface area (Å²) >= 11 is 11.6. The Morgan fingerprint density at radius 1 is 1.11 bits per heavy atom. The molecule has 2 N–H and O–H groups in total. The second-order valence-electron chi connectivity index (χ2n) is 4.25. The molecule has 2 rings (SSSR count). The molecule has 19 heavy (non-hydrogen) atoms. The minimum atomic E-state index is -3.55. The fourth-order valence-corrected chi connectivity index (χ4v) is 3.94. The number of benzene rings is 1. The SMILES string of the molecule is Cl.O=S(=O)(NC1CCNCC1)c1cc(Cl)cc(Cl)c1. The Hall–Kier alpha value is -0.0400. The Morgan fingerprint density at radius 2 is 1.63 bits per heavy atom. The van der Waals surface area contributed by atoms with E-state index < -0.39 is 10.0 Å². The highest BCUT2D eigenvalue weighted by atomic mass is 35.5. The van der Waals surface area contributed by atoms with Gasteiger partial charge in [0.25, 0.3) is 0 Å². The van der Waals surface area contributed by atoms with E-state index >= 15 is 0 Å². The van der Waals surface area contributed by atoms with E-state index in [0.717, 1.165) is 25.9 Å². The largest absolute Gasteiger partial charge is 0.317 e. The summed E-state index contributed by atoms with van der Waals surface area (Å²) in [5.41, 5.74) is 0. The Kier molecular flexibility index (Phi) is 6.36. The van der Waals surface area contributed by atoms with E-state index in [-0.39, 0.29) is 23.3 Å². The van der Waals surface area contributed by atoms with E-state index in [9.17, 15) is 8.42 Å². The molecule has 1 aromatic rings. The molecule has 1 saturated heterocycles. The average Bonchev–Trinajstić information content (AvgIpc) is 2.28. The third-order valence-electron chi connectivity index (χ3n) is 2.81. The summed E-state index contributed by atoms with van der Waals surface area (Å²) in [6.07, 6.45) is 1.57. The lowest BCUT2D eigenvalue weighted by molar-refractivity contribution is 0.427. The third kappa shape index (κ3) is 4.77. The molecule has 1 aliphatic rings. The van der Waals surface area contributed by atoms with Crippen molar-refractivity contribution in [1.82, 2.24) is 10.0 Å². The first-order chi connectivity index (χ1) is 8.47. The smallest absolute Gasteiger partial charge is 0.240 e. The lowest BCUT2D eigenvalue weighted by atomic mass is 10.1. The van der Waals surface area contributed by atoms with Crippen molar-refractivity contribution in [3.63, 3.8) is 0 Å². The third-order valence-corrected chi connectivity index (χ3v) is 4.74. The second kappa shape index (κ2) is 7.11. The molecular weight excluding hydrogens is 331 g/mol. The van der Waals surface area contributed by atoms with Crippen molar-refractivity contribution < 1.29 is 8.42 Å². The van der Waals surface area contributed by atoms with E-state index in [1.165, 1.54) is 18.2 Å². The second-order valence-corrected chi connectivity index (χ2v) is 6.84. The standard InChI is InChI=1S/C11H14Cl2N2O2S.ClH/c12-8-5-9(13)7-11(6-8)18(16,17)15-10-1-3-14-4-2-10;/h5-7,10,14-15H,1-4H2;1H. The van der Waals surface area contributed by atoms with Gasteiger partial charge in [0.05, 0.1) is 4.90 Å². The van der Waals surface area contributed by atoms with Crippen LogP contribution in [0.25, 0.3) is 0 Å². The lowest BCUT2D eigenvalue weighted by Crippen LogP contribution is -2.42. The van der Waals surface area contributed by atoms with Crippen molar-refractivity contribution in [3.05, 3.63) is 28.2 Å². The summed E-state index contributed by atoms with van der Waals surface area (Å²) in [5.74, 6) is 0. The van der Waals surface area contributed by atoms with Crippen LogP contribution < -0.4 is 10.0 Å². The molecule has 1 heterocycles. The van der Waals surface area contributed by atoms with Crippen LogP contribution in [0.5, 0.6) is 0 Å². The fraction of sp³-hybridized carbons (Fsp3) is 0.455. The lowest BCUT2D eigenvalue weighted by Gasteiger charge is -2.23. The number of nitrogens with one attached hydrogen (secondary N) is 2. The highest BCUT2D eigenvalue weighted by Gasteiger charge is 2.22. The molecular formula is C11H15Cl3N2O2S. The summed E-state index contributed by atoms with van der Waals surface area (Å²) in [7, 11) is -3.55. The molecule has 108 valence electrons. The molecule has 0 aromatic heterocycles. The molecule has 1 aromatic carbocycles. The molecule has 1 aliphatic heterocycles. The first-order valence-electron chi connectivity index (χ1n) is 5.66. The van der Waals surface area contributed by atoms with Crippen molar-refractivity contribution in [2.45, 2.75) is 23.8 Å². The maximum atomic E-state index is 12.2. The Labute approximate surface area is 129 Å². The van der Waals surface area contributed by atoms with Gasteiger partial charge in [-0.25, -0.2) is 13.1 Å². The van der Waals surface area contributed by atoms with Gasteiger partial charge in [0.15, 0.2) is 0 Å². The summed E-state index contributed by atoms with van der Waals surface area (Å²) in [6, 6.07) is 4.27. The van der Waals surface area contributed by atoms with E-state index in [1.54, 1.807) is 0 Å². The van der Waals surface area contributed by atoms with Gasteiger partial charge in [0.1, 0.15) is 0 Å². The van der Waals surface area contributed by atoms with Crippen LogP contribution in [0.4, 0.5) is 0 Å². The minimum Gasteiger partial charge on any atom is -0.317 e. The van der Waals surface area contributed by atoms with Crippen molar-refractivity contribution in [2.75, 3.05) is 13.1 Å². The minimum absolute atomic E-state index is 0. The quantitative estimate of drug-likeness (QED) is 0.884. The van der Waals surface area contributed by atoms with Gasteiger partial charge in [-0.1, -0.05) is 23.2 Å². The molecule has 0 bridgehead atoms. The molecule has 8 heteroatoms. The zero-order valence-corrected chi connectivity index (χ0v) is 13.2. The first-order valence-corrected chi connectivity index (χ1v) is 7.90. The Balaban J connectivity index is 0.00000180. The van der Waals surface area contributed by atoms with Crippen LogP contribution in [-0.4, -0.2) is 27.5 Å². The summed E-state index contributed by atoms with van der Waals surface area (Å²) in [6.45, 7) is 1.65. The number of hydrogen-bond donors (Lipinski definition) is 2. The first kappa shape index (κ1) is 17.0. The maximum absolute atomic E-state index is 12.2. The van der Waals surface area contributed by atoms with E-state index in [4.69, 9.17) is 23.2 Å². The molecule has 0 atom stereocenters. The van der Waals surface area contributed by atoms with Gasteiger partial charge in [0.2, 0.25) is 10.0 Å². The normalized spacial score (nSPS) is 16.9. The molecule has 4 nitrogen and oxygen atoms in total. The molecule has 0 amide bonds. The van der Waals surface area contributed by atoms with Gasteiger partial charge >= 0.3 is 0 Å². The predicted molar refractivity (Wildman–Crippen MR) is 79.9 cm³/mol. The van der Waals surface area contributed by atoms with Gasteiger partial charge in [-0.2, -0.15) is 0 Å². The van der Waals surface area contributed by atoms with E-state index in [0.29, 0.717) is 10.0 Å². The predicted octanol–water partition coefficient (Wildman–Crippen LogP) is 2.45. The number of hydrogen-bond acceptors (Lipinski definition) is 3. The molecule has 0 aliphatic carbocycles. The van der Waals surface area contributed by atoms with Crippen LogP contribution in [0.2, 0.25) is 10.0 Å². The zero-order chi connectivity index (χ0) is 13.2.